The minimum absolute atomic E-state index is 0.00549. The Hall–Kier alpha value is -2.55. The van der Waals surface area contributed by atoms with Crippen molar-refractivity contribution in [3.63, 3.8) is 0 Å². The molecule has 8 nitrogen and oxygen atoms in total. The first kappa shape index (κ1) is 23.2. The van der Waals surface area contributed by atoms with Crippen molar-refractivity contribution in [1.29, 1.82) is 0 Å². The van der Waals surface area contributed by atoms with E-state index in [1.165, 1.54) is 0 Å². The van der Waals surface area contributed by atoms with Crippen LogP contribution in [0.2, 0.25) is 0 Å². The van der Waals surface area contributed by atoms with Gasteiger partial charge in [0.05, 0.1) is 19.3 Å². The summed E-state index contributed by atoms with van der Waals surface area (Å²) >= 11 is 0. The normalized spacial score (nSPS) is 21.8. The lowest BCUT2D eigenvalue weighted by molar-refractivity contribution is 0.0342. The number of aliphatic hydroxyl groups excluding tert-OH is 1. The molecule has 0 spiro atoms. The predicted octanol–water partition coefficient (Wildman–Crippen LogP) is 3.46. The molecule has 0 amide bonds. The van der Waals surface area contributed by atoms with E-state index in [2.05, 4.69) is 34.3 Å². The number of anilines is 1. The van der Waals surface area contributed by atoms with Crippen LogP contribution in [0.3, 0.4) is 0 Å². The van der Waals surface area contributed by atoms with Gasteiger partial charge in [0.2, 0.25) is 5.95 Å². The SMILES string of the molecule is CCCCNc1ncc2c3ccc(CN4CCOCC4)cc3c(=O)n(C3CCC(O)CC3)c2n1. The van der Waals surface area contributed by atoms with Crippen LogP contribution in [0, 0.1) is 0 Å². The van der Waals surface area contributed by atoms with Crippen molar-refractivity contribution < 1.29 is 9.84 Å². The second-order valence-electron chi connectivity index (χ2n) is 9.62. The molecule has 2 aromatic heterocycles. The molecule has 8 heteroatoms. The Kier molecular flexibility index (Phi) is 7.08. The van der Waals surface area contributed by atoms with Gasteiger partial charge in [-0.2, -0.15) is 4.98 Å². The zero-order valence-corrected chi connectivity index (χ0v) is 20.0. The number of hydrogen-bond acceptors (Lipinski definition) is 7. The molecule has 5 rings (SSSR count). The zero-order valence-electron chi connectivity index (χ0n) is 20.0. The average Bonchev–Trinajstić information content (AvgIpc) is 2.86. The number of hydrogen-bond donors (Lipinski definition) is 2. The number of morpholine rings is 1. The third-order valence-electron chi connectivity index (χ3n) is 7.17. The number of pyridine rings is 1. The van der Waals surface area contributed by atoms with E-state index in [1.807, 2.05) is 16.8 Å². The fourth-order valence-electron chi connectivity index (χ4n) is 5.21. The highest BCUT2D eigenvalue weighted by Crippen LogP contribution is 2.32. The van der Waals surface area contributed by atoms with Crippen molar-refractivity contribution in [1.82, 2.24) is 19.4 Å². The van der Waals surface area contributed by atoms with Crippen LogP contribution in [0.4, 0.5) is 5.95 Å². The molecule has 0 unspecified atom stereocenters. The van der Waals surface area contributed by atoms with E-state index >= 15 is 0 Å². The Bertz CT molecular complexity index is 1200. The second kappa shape index (κ2) is 10.4. The molecule has 3 aromatic rings. The third-order valence-corrected chi connectivity index (χ3v) is 7.17. The van der Waals surface area contributed by atoms with Crippen LogP contribution in [0.1, 0.15) is 57.1 Å². The summed E-state index contributed by atoms with van der Waals surface area (Å²) in [5.41, 5.74) is 1.83. The molecule has 0 radical (unpaired) electrons. The molecule has 1 saturated carbocycles. The van der Waals surface area contributed by atoms with Crippen molar-refractivity contribution in [2.45, 2.75) is 64.1 Å². The maximum Gasteiger partial charge on any atom is 0.260 e. The predicted molar refractivity (Wildman–Crippen MR) is 134 cm³/mol. The largest absolute Gasteiger partial charge is 0.393 e. The van der Waals surface area contributed by atoms with Crippen molar-refractivity contribution in [3.05, 3.63) is 40.3 Å². The smallest absolute Gasteiger partial charge is 0.260 e. The van der Waals surface area contributed by atoms with Gasteiger partial charge >= 0.3 is 0 Å². The summed E-state index contributed by atoms with van der Waals surface area (Å²) in [5, 5.41) is 15.9. The number of rotatable bonds is 7. The molecule has 182 valence electrons. The highest BCUT2D eigenvalue weighted by atomic mass is 16.5. The van der Waals surface area contributed by atoms with Gasteiger partial charge in [-0.25, -0.2) is 4.98 Å². The Morgan fingerprint density at radius 1 is 1.12 bits per heavy atom. The summed E-state index contributed by atoms with van der Waals surface area (Å²) in [5.74, 6) is 0.563. The van der Waals surface area contributed by atoms with Crippen molar-refractivity contribution in [2.24, 2.45) is 0 Å². The first-order chi connectivity index (χ1) is 16.6. The lowest BCUT2D eigenvalue weighted by Gasteiger charge is -2.28. The van der Waals surface area contributed by atoms with E-state index in [0.29, 0.717) is 24.4 Å². The number of fused-ring (bicyclic) bond motifs is 3. The van der Waals surface area contributed by atoms with Crippen LogP contribution in [0.15, 0.2) is 29.2 Å². The molecule has 3 heterocycles. The Morgan fingerprint density at radius 2 is 1.91 bits per heavy atom. The first-order valence-electron chi connectivity index (χ1n) is 12.7. The molecule has 2 fully saturated rings. The Labute approximate surface area is 200 Å². The molecule has 1 aliphatic carbocycles. The lowest BCUT2D eigenvalue weighted by atomic mass is 9.92. The van der Waals surface area contributed by atoms with E-state index < -0.39 is 0 Å². The number of ether oxygens (including phenoxy) is 1. The number of nitrogens with zero attached hydrogens (tertiary/aromatic N) is 4. The van der Waals surface area contributed by atoms with Crippen molar-refractivity contribution in [3.8, 4) is 0 Å². The van der Waals surface area contributed by atoms with Gasteiger partial charge in [0, 0.05) is 49.2 Å². The molecular formula is C26H35N5O3. The van der Waals surface area contributed by atoms with E-state index in [1.54, 1.807) is 0 Å². The van der Waals surface area contributed by atoms with E-state index in [0.717, 1.165) is 86.8 Å². The molecular weight excluding hydrogens is 430 g/mol. The van der Waals surface area contributed by atoms with Crippen LogP contribution < -0.4 is 10.9 Å². The fourth-order valence-corrected chi connectivity index (χ4v) is 5.21. The molecule has 2 N–H and O–H groups in total. The molecule has 1 saturated heterocycles. The quantitative estimate of drug-likeness (QED) is 0.408. The van der Waals surface area contributed by atoms with E-state index in [-0.39, 0.29) is 17.7 Å². The Morgan fingerprint density at radius 3 is 2.68 bits per heavy atom. The maximum atomic E-state index is 13.9. The lowest BCUT2D eigenvalue weighted by Crippen LogP contribution is -2.35. The summed E-state index contributed by atoms with van der Waals surface area (Å²) in [6.45, 7) is 7.09. The summed E-state index contributed by atoms with van der Waals surface area (Å²) in [4.78, 5) is 25.7. The highest BCUT2D eigenvalue weighted by molar-refractivity contribution is 6.04. The van der Waals surface area contributed by atoms with Gasteiger partial charge in [-0.15, -0.1) is 0 Å². The maximum absolute atomic E-state index is 13.9. The van der Waals surface area contributed by atoms with Gasteiger partial charge < -0.3 is 15.2 Å². The Balaban J connectivity index is 1.60. The van der Waals surface area contributed by atoms with Gasteiger partial charge in [0.25, 0.3) is 5.56 Å². The molecule has 2 aliphatic rings. The van der Waals surface area contributed by atoms with Crippen LogP contribution in [0.25, 0.3) is 21.8 Å². The minimum atomic E-state index is -0.278. The molecule has 34 heavy (non-hydrogen) atoms. The monoisotopic (exact) mass is 465 g/mol. The van der Waals surface area contributed by atoms with Crippen LogP contribution in [-0.2, 0) is 11.3 Å². The fraction of sp³-hybridized carbons (Fsp3) is 0.577. The summed E-state index contributed by atoms with van der Waals surface area (Å²) in [6.07, 6.45) is 6.68. The van der Waals surface area contributed by atoms with Gasteiger partial charge in [-0.1, -0.05) is 25.5 Å². The first-order valence-corrected chi connectivity index (χ1v) is 12.7. The highest BCUT2D eigenvalue weighted by Gasteiger charge is 2.25. The molecule has 0 bridgehead atoms. The molecule has 0 atom stereocenters. The topological polar surface area (TPSA) is 92.5 Å². The van der Waals surface area contributed by atoms with Gasteiger partial charge in [0.1, 0.15) is 5.65 Å². The zero-order chi connectivity index (χ0) is 23.5. The second-order valence-corrected chi connectivity index (χ2v) is 9.62. The van der Waals surface area contributed by atoms with Crippen LogP contribution in [0.5, 0.6) is 0 Å². The van der Waals surface area contributed by atoms with Crippen molar-refractivity contribution in [2.75, 3.05) is 38.2 Å². The average molecular weight is 466 g/mol. The standard InChI is InChI=1S/C26H35N5O3/c1-2-3-10-27-26-28-16-23-21-9-4-18(17-30-11-13-34-14-12-30)15-22(21)25(33)31(24(23)29-26)19-5-7-20(32)8-6-19/h4,9,15-16,19-20,32H,2-3,5-8,10-14,17H2,1H3,(H,27,28,29). The molecule has 1 aliphatic heterocycles. The minimum Gasteiger partial charge on any atom is -0.393 e. The summed E-state index contributed by atoms with van der Waals surface area (Å²) in [7, 11) is 0. The number of aliphatic hydroxyl groups is 1. The van der Waals surface area contributed by atoms with Crippen LogP contribution >= 0.6 is 0 Å². The third kappa shape index (κ3) is 4.80. The summed E-state index contributed by atoms with van der Waals surface area (Å²) < 4.78 is 7.36. The van der Waals surface area contributed by atoms with E-state index in [9.17, 15) is 9.90 Å². The van der Waals surface area contributed by atoms with E-state index in [4.69, 9.17) is 9.72 Å². The summed E-state index contributed by atoms with van der Waals surface area (Å²) in [6, 6.07) is 6.25. The number of benzene rings is 1. The van der Waals surface area contributed by atoms with Gasteiger partial charge in [0.15, 0.2) is 0 Å². The van der Waals surface area contributed by atoms with Crippen molar-refractivity contribution >= 4 is 27.8 Å². The number of nitrogens with one attached hydrogen (secondary N) is 1. The van der Waals surface area contributed by atoms with Crippen LogP contribution in [-0.4, -0.2) is 63.5 Å². The molecule has 1 aromatic carbocycles. The number of aromatic nitrogens is 3. The van der Waals surface area contributed by atoms with Gasteiger partial charge in [-0.05, 0) is 49.1 Å². The number of unbranched alkanes of at least 4 members (excludes halogenated alkanes) is 1. The van der Waals surface area contributed by atoms with Gasteiger partial charge in [-0.3, -0.25) is 14.3 Å².